The van der Waals surface area contributed by atoms with Crippen LogP contribution in [0.1, 0.15) is 13.8 Å². The highest BCUT2D eigenvalue weighted by molar-refractivity contribution is 7.09. The molecule has 1 aromatic rings. The first-order chi connectivity index (χ1) is 6.25. The summed E-state index contributed by atoms with van der Waals surface area (Å²) in [5, 5.41) is 4.53. The van der Waals surface area contributed by atoms with Gasteiger partial charge in [-0.05, 0) is 13.8 Å². The van der Waals surface area contributed by atoms with Crippen molar-refractivity contribution >= 4 is 16.7 Å². The predicted octanol–water partition coefficient (Wildman–Crippen LogP) is 0.725. The number of anilines is 1. The topological polar surface area (TPSA) is 41.1 Å². The van der Waals surface area contributed by atoms with Gasteiger partial charge in [-0.25, -0.2) is 4.98 Å². The van der Waals surface area contributed by atoms with E-state index in [1.807, 2.05) is 0 Å². The maximum atomic E-state index is 4.21. The van der Waals surface area contributed by atoms with E-state index in [9.17, 15) is 0 Å². The average Bonchev–Trinajstić information content (AvgIpc) is 2.53. The molecule has 1 aliphatic rings. The first kappa shape index (κ1) is 8.90. The van der Waals surface area contributed by atoms with Gasteiger partial charge in [-0.2, -0.15) is 4.37 Å². The molecule has 2 atom stereocenters. The standard InChI is InChI=1S/C8H14N4S/c1-6-3-12(4-7(2)11-6)8-9-5-10-13-8/h5-7,11H,3-4H2,1-2H3. The summed E-state index contributed by atoms with van der Waals surface area (Å²) >= 11 is 1.47. The Bertz CT molecular complexity index is 251. The summed E-state index contributed by atoms with van der Waals surface area (Å²) in [5.41, 5.74) is 0. The van der Waals surface area contributed by atoms with E-state index in [-0.39, 0.29) is 0 Å². The lowest BCUT2D eigenvalue weighted by Crippen LogP contribution is -2.54. The van der Waals surface area contributed by atoms with Crippen LogP contribution < -0.4 is 10.2 Å². The lowest BCUT2D eigenvalue weighted by Gasteiger charge is -2.35. The van der Waals surface area contributed by atoms with E-state index < -0.39 is 0 Å². The zero-order valence-electron chi connectivity index (χ0n) is 7.90. The molecule has 0 saturated carbocycles. The highest BCUT2D eigenvalue weighted by Gasteiger charge is 2.22. The maximum Gasteiger partial charge on any atom is 0.205 e. The van der Waals surface area contributed by atoms with Gasteiger partial charge in [0.2, 0.25) is 5.13 Å². The van der Waals surface area contributed by atoms with Gasteiger partial charge < -0.3 is 10.2 Å². The number of nitrogens with one attached hydrogen (secondary N) is 1. The van der Waals surface area contributed by atoms with Gasteiger partial charge in [-0.15, -0.1) is 0 Å². The molecule has 2 rings (SSSR count). The molecule has 0 radical (unpaired) electrons. The molecule has 1 fully saturated rings. The van der Waals surface area contributed by atoms with Crippen LogP contribution in [0.2, 0.25) is 0 Å². The molecule has 4 nitrogen and oxygen atoms in total. The van der Waals surface area contributed by atoms with Crippen molar-refractivity contribution in [3.63, 3.8) is 0 Å². The molecule has 2 unspecified atom stereocenters. The molecule has 0 aromatic carbocycles. The van der Waals surface area contributed by atoms with Gasteiger partial charge in [-0.1, -0.05) is 0 Å². The molecule has 0 spiro atoms. The summed E-state index contributed by atoms with van der Waals surface area (Å²) < 4.78 is 4.02. The fourth-order valence-electron chi connectivity index (χ4n) is 1.79. The molecule has 2 heterocycles. The Kier molecular flexibility index (Phi) is 2.46. The molecule has 0 amide bonds. The Morgan fingerprint density at radius 2 is 2.15 bits per heavy atom. The Balaban J connectivity index is 2.07. The molecular formula is C8H14N4S. The van der Waals surface area contributed by atoms with Gasteiger partial charge in [0.1, 0.15) is 6.33 Å². The van der Waals surface area contributed by atoms with Gasteiger partial charge in [0.15, 0.2) is 0 Å². The summed E-state index contributed by atoms with van der Waals surface area (Å²) in [7, 11) is 0. The Morgan fingerprint density at radius 1 is 1.46 bits per heavy atom. The monoisotopic (exact) mass is 198 g/mol. The van der Waals surface area contributed by atoms with Crippen LogP contribution in [0.3, 0.4) is 0 Å². The molecule has 1 aliphatic heterocycles. The van der Waals surface area contributed by atoms with Crippen molar-refractivity contribution in [1.29, 1.82) is 0 Å². The summed E-state index contributed by atoms with van der Waals surface area (Å²) in [4.78, 5) is 6.51. The van der Waals surface area contributed by atoms with Crippen LogP contribution in [0.4, 0.5) is 5.13 Å². The van der Waals surface area contributed by atoms with E-state index in [0.29, 0.717) is 12.1 Å². The zero-order chi connectivity index (χ0) is 9.26. The quantitative estimate of drug-likeness (QED) is 0.722. The van der Waals surface area contributed by atoms with Crippen LogP contribution in [0, 0.1) is 0 Å². The molecule has 1 N–H and O–H groups in total. The summed E-state index contributed by atoms with van der Waals surface area (Å²) in [5.74, 6) is 0. The third-order valence-corrected chi connectivity index (χ3v) is 2.90. The van der Waals surface area contributed by atoms with E-state index >= 15 is 0 Å². The second-order valence-corrected chi connectivity index (χ2v) is 4.36. The number of nitrogens with zero attached hydrogens (tertiary/aromatic N) is 3. The second-order valence-electron chi connectivity index (χ2n) is 3.60. The number of piperazine rings is 1. The van der Waals surface area contributed by atoms with Crippen LogP contribution in [0.25, 0.3) is 0 Å². The van der Waals surface area contributed by atoms with Crippen LogP contribution in [0.5, 0.6) is 0 Å². The van der Waals surface area contributed by atoms with Crippen molar-refractivity contribution in [2.75, 3.05) is 18.0 Å². The van der Waals surface area contributed by atoms with Crippen LogP contribution in [-0.4, -0.2) is 34.5 Å². The van der Waals surface area contributed by atoms with Gasteiger partial charge >= 0.3 is 0 Å². The van der Waals surface area contributed by atoms with Crippen molar-refractivity contribution in [1.82, 2.24) is 14.7 Å². The minimum atomic E-state index is 0.535. The highest BCUT2D eigenvalue weighted by Crippen LogP contribution is 2.17. The van der Waals surface area contributed by atoms with E-state index in [0.717, 1.165) is 18.2 Å². The van der Waals surface area contributed by atoms with Gasteiger partial charge in [0.25, 0.3) is 0 Å². The lowest BCUT2D eigenvalue weighted by atomic mass is 10.2. The second kappa shape index (κ2) is 3.59. The molecule has 0 aliphatic carbocycles. The number of rotatable bonds is 1. The highest BCUT2D eigenvalue weighted by atomic mass is 32.1. The largest absolute Gasteiger partial charge is 0.344 e. The Hall–Kier alpha value is -0.680. The van der Waals surface area contributed by atoms with Crippen molar-refractivity contribution in [2.24, 2.45) is 0 Å². The van der Waals surface area contributed by atoms with E-state index in [4.69, 9.17) is 0 Å². The van der Waals surface area contributed by atoms with Crippen LogP contribution in [-0.2, 0) is 0 Å². The number of hydrogen-bond acceptors (Lipinski definition) is 5. The summed E-state index contributed by atoms with van der Waals surface area (Å²) in [6, 6.07) is 1.07. The first-order valence-electron chi connectivity index (χ1n) is 4.53. The lowest BCUT2D eigenvalue weighted by molar-refractivity contribution is 0.406. The first-order valence-corrected chi connectivity index (χ1v) is 5.30. The van der Waals surface area contributed by atoms with Crippen LogP contribution in [0.15, 0.2) is 6.33 Å². The van der Waals surface area contributed by atoms with E-state index in [1.165, 1.54) is 11.5 Å². The molecule has 1 saturated heterocycles. The van der Waals surface area contributed by atoms with Gasteiger partial charge in [-0.3, -0.25) is 0 Å². The van der Waals surface area contributed by atoms with Gasteiger partial charge in [0.05, 0.1) is 0 Å². The number of hydrogen-bond donors (Lipinski definition) is 1. The number of aromatic nitrogens is 2. The van der Waals surface area contributed by atoms with Crippen molar-refractivity contribution < 1.29 is 0 Å². The molecule has 0 bridgehead atoms. The third kappa shape index (κ3) is 1.97. The molecule has 1 aromatic heterocycles. The SMILES string of the molecule is CC1CN(c2ncns2)CC(C)N1. The fourth-order valence-corrected chi connectivity index (χ4v) is 2.34. The minimum Gasteiger partial charge on any atom is -0.344 e. The molecular weight excluding hydrogens is 184 g/mol. The van der Waals surface area contributed by atoms with Crippen molar-refractivity contribution in [3.05, 3.63) is 6.33 Å². The smallest absolute Gasteiger partial charge is 0.205 e. The normalized spacial score (nSPS) is 29.2. The Morgan fingerprint density at radius 3 is 2.69 bits per heavy atom. The average molecular weight is 198 g/mol. The molecule has 13 heavy (non-hydrogen) atoms. The van der Waals surface area contributed by atoms with E-state index in [1.54, 1.807) is 6.33 Å². The summed E-state index contributed by atoms with van der Waals surface area (Å²) in [6.07, 6.45) is 1.62. The maximum absolute atomic E-state index is 4.21. The molecule has 72 valence electrons. The van der Waals surface area contributed by atoms with Gasteiger partial charge in [0, 0.05) is 36.7 Å². The Labute approximate surface area is 82.1 Å². The van der Waals surface area contributed by atoms with Crippen LogP contribution >= 0.6 is 11.5 Å². The van der Waals surface area contributed by atoms with Crippen molar-refractivity contribution in [2.45, 2.75) is 25.9 Å². The fraction of sp³-hybridized carbons (Fsp3) is 0.750. The summed E-state index contributed by atoms with van der Waals surface area (Å²) in [6.45, 7) is 6.45. The van der Waals surface area contributed by atoms with Crippen molar-refractivity contribution in [3.8, 4) is 0 Å². The third-order valence-electron chi connectivity index (χ3n) is 2.18. The predicted molar refractivity (Wildman–Crippen MR) is 54.2 cm³/mol. The molecule has 5 heteroatoms. The van der Waals surface area contributed by atoms with E-state index in [2.05, 4.69) is 33.4 Å². The zero-order valence-corrected chi connectivity index (χ0v) is 8.71. The minimum absolute atomic E-state index is 0.535.